The molecule has 20 heavy (non-hydrogen) atoms. The fourth-order valence-electron chi connectivity index (χ4n) is 1.62. The molecule has 0 saturated heterocycles. The zero-order valence-corrected chi connectivity index (χ0v) is 11.8. The first kappa shape index (κ1) is 14.1. The molecule has 0 atom stereocenters. The Balaban J connectivity index is 2.53. The van der Waals surface area contributed by atoms with Gasteiger partial charge in [0.1, 0.15) is 11.5 Å². The summed E-state index contributed by atoms with van der Waals surface area (Å²) in [4.78, 5) is 17.9. The summed E-state index contributed by atoms with van der Waals surface area (Å²) < 4.78 is 14.3. The van der Waals surface area contributed by atoms with Crippen LogP contribution in [0, 0.1) is 22.9 Å². The van der Waals surface area contributed by atoms with Gasteiger partial charge in [-0.05, 0) is 25.1 Å². The van der Waals surface area contributed by atoms with Crippen LogP contribution in [0.4, 0.5) is 27.5 Å². The first-order chi connectivity index (χ1) is 9.38. The third-order valence-corrected chi connectivity index (χ3v) is 2.93. The molecule has 0 bridgehead atoms. The van der Waals surface area contributed by atoms with Gasteiger partial charge in [0.05, 0.1) is 10.6 Å². The van der Waals surface area contributed by atoms with Crippen molar-refractivity contribution in [3.05, 3.63) is 44.3 Å². The van der Waals surface area contributed by atoms with Crippen molar-refractivity contribution in [1.82, 2.24) is 9.97 Å². The molecule has 7 nitrogen and oxygen atoms in total. The second-order valence-corrected chi connectivity index (χ2v) is 4.79. The number of hydrogen-bond donors (Lipinski definition) is 2. The summed E-state index contributed by atoms with van der Waals surface area (Å²) in [7, 11) is 0. The van der Waals surface area contributed by atoms with E-state index in [2.05, 4.69) is 31.2 Å². The normalized spacial score (nSPS) is 10.3. The van der Waals surface area contributed by atoms with Crippen LogP contribution in [0.2, 0.25) is 0 Å². The van der Waals surface area contributed by atoms with Crippen LogP contribution in [0.1, 0.15) is 5.69 Å². The maximum atomic E-state index is 13.7. The number of anilines is 3. The van der Waals surface area contributed by atoms with E-state index in [1.165, 1.54) is 25.1 Å². The number of aryl methyl sites for hydroxylation is 1. The van der Waals surface area contributed by atoms with E-state index in [4.69, 9.17) is 5.73 Å². The van der Waals surface area contributed by atoms with Crippen molar-refractivity contribution < 1.29 is 9.31 Å². The van der Waals surface area contributed by atoms with Gasteiger partial charge in [-0.2, -0.15) is 4.98 Å². The molecule has 1 aromatic heterocycles. The van der Waals surface area contributed by atoms with E-state index >= 15 is 0 Å². The van der Waals surface area contributed by atoms with Crippen molar-refractivity contribution in [3.63, 3.8) is 0 Å². The van der Waals surface area contributed by atoms with E-state index in [0.29, 0.717) is 4.47 Å². The second-order valence-electron chi connectivity index (χ2n) is 3.87. The molecule has 0 fully saturated rings. The quantitative estimate of drug-likeness (QED) is 0.656. The molecule has 3 N–H and O–H groups in total. The van der Waals surface area contributed by atoms with Gasteiger partial charge in [0.2, 0.25) is 11.8 Å². The number of nitrogen functional groups attached to an aromatic ring is 1. The van der Waals surface area contributed by atoms with Gasteiger partial charge in [-0.1, -0.05) is 15.9 Å². The van der Waals surface area contributed by atoms with E-state index < -0.39 is 10.7 Å². The number of hydrogen-bond acceptors (Lipinski definition) is 6. The molecule has 0 radical (unpaired) electrons. The first-order valence-electron chi connectivity index (χ1n) is 5.39. The van der Waals surface area contributed by atoms with Crippen LogP contribution < -0.4 is 11.1 Å². The maximum absolute atomic E-state index is 13.7. The number of aromatic nitrogens is 2. The molecule has 1 aromatic carbocycles. The molecule has 1 heterocycles. The second kappa shape index (κ2) is 5.37. The molecule has 0 aliphatic carbocycles. The van der Waals surface area contributed by atoms with Gasteiger partial charge < -0.3 is 11.1 Å². The van der Waals surface area contributed by atoms with Crippen LogP contribution in [-0.2, 0) is 0 Å². The van der Waals surface area contributed by atoms with Crippen LogP contribution in [-0.4, -0.2) is 14.9 Å². The molecule has 2 rings (SSSR count). The minimum Gasteiger partial charge on any atom is -0.368 e. The summed E-state index contributed by atoms with van der Waals surface area (Å²) in [6, 6.07) is 4.16. The lowest BCUT2D eigenvalue weighted by Crippen LogP contribution is -2.07. The van der Waals surface area contributed by atoms with E-state index in [1.54, 1.807) is 0 Å². The van der Waals surface area contributed by atoms with Gasteiger partial charge in [0.25, 0.3) is 0 Å². The molecular weight excluding hydrogens is 333 g/mol. The zero-order valence-electron chi connectivity index (χ0n) is 10.2. The van der Waals surface area contributed by atoms with E-state index in [0.717, 1.165) is 0 Å². The number of nitro groups is 1. The fourth-order valence-corrected chi connectivity index (χ4v) is 1.98. The van der Waals surface area contributed by atoms with Crippen LogP contribution in [0.25, 0.3) is 0 Å². The number of benzene rings is 1. The molecule has 0 spiro atoms. The molecule has 0 amide bonds. The van der Waals surface area contributed by atoms with Crippen molar-refractivity contribution in [2.45, 2.75) is 6.92 Å². The summed E-state index contributed by atoms with van der Waals surface area (Å²) in [5, 5.41) is 13.6. The smallest absolute Gasteiger partial charge is 0.332 e. The number of nitrogens with one attached hydrogen (secondary N) is 1. The lowest BCUT2D eigenvalue weighted by molar-refractivity contribution is -0.385. The largest absolute Gasteiger partial charge is 0.368 e. The highest BCUT2D eigenvalue weighted by Gasteiger charge is 2.22. The molecule has 0 aliphatic heterocycles. The van der Waals surface area contributed by atoms with Crippen LogP contribution in [0.3, 0.4) is 0 Å². The molecular formula is C11H9BrFN5O2. The van der Waals surface area contributed by atoms with Crippen molar-refractivity contribution in [2.75, 3.05) is 11.1 Å². The Kier molecular flexibility index (Phi) is 3.79. The standard InChI is InChI=1S/C11H9BrFN5O2/c1-5-9(18(19)20)10(17-11(14)15-5)16-8-4-6(12)2-3-7(8)13/h2-4H,1H3,(H3,14,15,16,17). The predicted molar refractivity (Wildman–Crippen MR) is 75.2 cm³/mol. The van der Waals surface area contributed by atoms with E-state index in [9.17, 15) is 14.5 Å². The monoisotopic (exact) mass is 341 g/mol. The molecule has 9 heteroatoms. The lowest BCUT2D eigenvalue weighted by Gasteiger charge is -2.09. The van der Waals surface area contributed by atoms with Crippen LogP contribution >= 0.6 is 15.9 Å². The topological polar surface area (TPSA) is 107 Å². The average Bonchev–Trinajstić information content (AvgIpc) is 2.32. The Morgan fingerprint density at radius 3 is 2.80 bits per heavy atom. The number of nitrogens with two attached hydrogens (primary N) is 1. The Bertz CT molecular complexity index is 695. The van der Waals surface area contributed by atoms with Crippen LogP contribution in [0.15, 0.2) is 22.7 Å². The maximum Gasteiger partial charge on any atom is 0.332 e. The third kappa shape index (κ3) is 2.82. The highest BCUT2D eigenvalue weighted by atomic mass is 79.9. The molecule has 2 aromatic rings. The molecule has 0 unspecified atom stereocenters. The van der Waals surface area contributed by atoms with Crippen molar-refractivity contribution in [1.29, 1.82) is 0 Å². The van der Waals surface area contributed by atoms with E-state index in [-0.39, 0.29) is 28.8 Å². The van der Waals surface area contributed by atoms with Crippen molar-refractivity contribution in [2.24, 2.45) is 0 Å². The Morgan fingerprint density at radius 2 is 2.15 bits per heavy atom. The minimum atomic E-state index is -0.646. The zero-order chi connectivity index (χ0) is 14.9. The molecule has 0 saturated carbocycles. The Hall–Kier alpha value is -2.29. The van der Waals surface area contributed by atoms with Gasteiger partial charge in [-0.25, -0.2) is 9.37 Å². The number of rotatable bonds is 3. The van der Waals surface area contributed by atoms with Gasteiger partial charge in [0.15, 0.2) is 0 Å². The van der Waals surface area contributed by atoms with Crippen molar-refractivity contribution in [3.8, 4) is 0 Å². The lowest BCUT2D eigenvalue weighted by atomic mass is 10.3. The summed E-state index contributed by atoms with van der Waals surface area (Å²) in [5.74, 6) is -0.861. The Morgan fingerprint density at radius 1 is 1.45 bits per heavy atom. The summed E-state index contributed by atoms with van der Waals surface area (Å²) in [5.41, 5.74) is 5.25. The number of nitrogens with zero attached hydrogens (tertiary/aromatic N) is 3. The summed E-state index contributed by atoms with van der Waals surface area (Å²) in [6.07, 6.45) is 0. The highest BCUT2D eigenvalue weighted by Crippen LogP contribution is 2.30. The van der Waals surface area contributed by atoms with Crippen LogP contribution in [0.5, 0.6) is 0 Å². The summed E-state index contributed by atoms with van der Waals surface area (Å²) in [6.45, 7) is 1.43. The fraction of sp³-hybridized carbons (Fsp3) is 0.0909. The number of halogens is 2. The summed E-state index contributed by atoms with van der Waals surface area (Å²) >= 11 is 3.19. The Labute approximate surface area is 121 Å². The predicted octanol–water partition coefficient (Wildman–Crippen LogP) is 2.92. The van der Waals surface area contributed by atoms with Gasteiger partial charge >= 0.3 is 5.69 Å². The first-order valence-corrected chi connectivity index (χ1v) is 6.18. The van der Waals surface area contributed by atoms with Gasteiger partial charge in [-0.15, -0.1) is 0 Å². The average molecular weight is 342 g/mol. The molecule has 104 valence electrons. The van der Waals surface area contributed by atoms with Crippen molar-refractivity contribution >= 4 is 39.1 Å². The highest BCUT2D eigenvalue weighted by molar-refractivity contribution is 9.10. The van der Waals surface area contributed by atoms with E-state index in [1.807, 2.05) is 0 Å². The minimum absolute atomic E-state index is 0.0416. The van der Waals surface area contributed by atoms with Gasteiger partial charge in [0, 0.05) is 4.47 Å². The SMILES string of the molecule is Cc1nc(N)nc(Nc2cc(Br)ccc2F)c1[N+](=O)[O-]. The third-order valence-electron chi connectivity index (χ3n) is 2.44. The molecule has 0 aliphatic rings. The van der Waals surface area contributed by atoms with Gasteiger partial charge in [-0.3, -0.25) is 10.1 Å².